The zero-order chi connectivity index (χ0) is 61.7. The number of fused-ring (bicyclic) bond motifs is 1. The standard InChI is InChI=1S/C15H22O3.C14H16O6.C14H20O4.C14H20O3.C8H10O4/c1-9(2)15(16)18-8-17-14-12-4-10-3-11(6-12)7-13(14)5-10;1-6(2)13(16)18-5-10(15)19-11-7-3-8-9(4-7)14(17)20-12(8)11;1-9(2)11(15)18-14-5-10-3-12(16,7-14)6-13(17,4-10)8-14;1-9(2)12(15)17-14-6-10-3-11(7-14)5-13(16,4-10)8-14;1-5(2)7(9)12-6-3-4-11-8(6)10/h10-14H,1,3-8H2,2H3;7-9,11-12H,1,3-5H2,2H3;10,16-17H,1,3-8H2,2H3;10-11,16H,1,3-8H2,2H3;6H,1,3-4H2,2H3. The van der Waals surface area contributed by atoms with Crippen LogP contribution in [0.15, 0.2) is 60.8 Å². The molecule has 16 rings (SSSR count). The van der Waals surface area contributed by atoms with E-state index >= 15 is 0 Å². The van der Waals surface area contributed by atoms with Crippen molar-refractivity contribution in [2.24, 2.45) is 59.2 Å². The zero-order valence-electron chi connectivity index (χ0n) is 50.2. The van der Waals surface area contributed by atoms with Crippen LogP contribution in [0.1, 0.15) is 163 Å². The number of esters is 8. The fraction of sp³-hybridized carbons (Fsp3) is 0.723. The molecule has 0 aromatic heterocycles. The van der Waals surface area contributed by atoms with Gasteiger partial charge < -0.3 is 58.0 Å². The molecule has 20 heteroatoms. The lowest BCUT2D eigenvalue weighted by molar-refractivity contribution is -0.260. The molecule has 14 bridgehead atoms. The molecule has 0 aromatic carbocycles. The third-order valence-corrected chi connectivity index (χ3v) is 20.0. The summed E-state index contributed by atoms with van der Waals surface area (Å²) in [4.78, 5) is 90.9. The van der Waals surface area contributed by atoms with Gasteiger partial charge in [0.2, 0.25) is 6.10 Å². The molecule has 0 aromatic rings. The van der Waals surface area contributed by atoms with Gasteiger partial charge in [0.1, 0.15) is 23.4 Å². The average molecular weight is 1190 g/mol. The molecule has 0 spiro atoms. The molecule has 468 valence electrons. The van der Waals surface area contributed by atoms with E-state index < -0.39 is 76.7 Å². The van der Waals surface area contributed by atoms with Crippen molar-refractivity contribution in [1.29, 1.82) is 0 Å². The van der Waals surface area contributed by atoms with Gasteiger partial charge in [0.15, 0.2) is 13.4 Å². The molecule has 20 nitrogen and oxygen atoms in total. The van der Waals surface area contributed by atoms with Crippen LogP contribution < -0.4 is 0 Å². The van der Waals surface area contributed by atoms with Crippen molar-refractivity contribution in [3.8, 4) is 0 Å². The summed E-state index contributed by atoms with van der Waals surface area (Å²) in [5.74, 6) is 1.54. The minimum absolute atomic E-state index is 0.0128. The highest BCUT2D eigenvalue weighted by molar-refractivity contribution is 5.90. The fourth-order valence-corrected chi connectivity index (χ4v) is 17.9. The van der Waals surface area contributed by atoms with E-state index in [1.165, 1.54) is 52.4 Å². The van der Waals surface area contributed by atoms with Crippen LogP contribution in [0, 0.1) is 59.2 Å². The molecule has 0 radical (unpaired) electrons. The van der Waals surface area contributed by atoms with Crippen molar-refractivity contribution in [3.63, 3.8) is 0 Å². The molecule has 14 aliphatic carbocycles. The second kappa shape index (κ2) is 24.8. The van der Waals surface area contributed by atoms with Crippen LogP contribution in [0.5, 0.6) is 0 Å². The summed E-state index contributed by atoms with van der Waals surface area (Å²) >= 11 is 0. The number of aliphatic hydroxyl groups is 3. The van der Waals surface area contributed by atoms with Crippen LogP contribution in [0.2, 0.25) is 0 Å². The van der Waals surface area contributed by atoms with E-state index in [-0.39, 0.29) is 65.6 Å². The molecular formula is C65H88O20. The third kappa shape index (κ3) is 14.7. The van der Waals surface area contributed by atoms with E-state index in [4.69, 9.17) is 37.9 Å². The molecule has 16 fully saturated rings. The molecule has 85 heavy (non-hydrogen) atoms. The minimum Gasteiger partial charge on any atom is -0.463 e. The van der Waals surface area contributed by atoms with Gasteiger partial charge in [-0.05, 0) is 172 Å². The monoisotopic (exact) mass is 1190 g/mol. The Morgan fingerprint density at radius 1 is 0.506 bits per heavy atom. The molecule has 10 unspecified atom stereocenters. The molecule has 0 amide bonds. The van der Waals surface area contributed by atoms with Crippen molar-refractivity contribution < 1.29 is 96.3 Å². The maximum Gasteiger partial charge on any atom is 0.347 e. The summed E-state index contributed by atoms with van der Waals surface area (Å²) in [6.45, 7) is 25.6. The van der Waals surface area contributed by atoms with Crippen LogP contribution in [-0.4, -0.2) is 136 Å². The fourth-order valence-electron chi connectivity index (χ4n) is 17.9. The third-order valence-electron chi connectivity index (χ3n) is 20.0. The lowest BCUT2D eigenvalue weighted by atomic mass is 9.50. The van der Waals surface area contributed by atoms with E-state index in [2.05, 4.69) is 37.6 Å². The van der Waals surface area contributed by atoms with Gasteiger partial charge in [-0.15, -0.1) is 0 Å². The van der Waals surface area contributed by atoms with Crippen molar-refractivity contribution >= 4 is 47.8 Å². The highest BCUT2D eigenvalue weighted by Gasteiger charge is 2.66. The summed E-state index contributed by atoms with van der Waals surface area (Å²) in [6.07, 6.45) is 16.7. The van der Waals surface area contributed by atoms with Crippen LogP contribution >= 0.6 is 0 Å². The van der Waals surface area contributed by atoms with Gasteiger partial charge in [-0.25, -0.2) is 33.6 Å². The first-order chi connectivity index (χ1) is 39.8. The molecule has 10 atom stereocenters. The molecule has 3 N–H and O–H groups in total. The highest BCUT2D eigenvalue weighted by atomic mass is 16.7. The predicted octanol–water partition coefficient (Wildman–Crippen LogP) is 7.42. The SMILES string of the molecule is C=C(C)C(=O)OC12CC3CC(CC(O)(C3)C1)C2.C=C(C)C(=O)OC12CC3CC(O)(CC(O)(C3)C1)C2.C=C(C)C(=O)OC1CCOC1=O.C=C(C)C(=O)OCC(=O)OC1C2CC3C(=O)OC1C3C2.C=C(C)C(=O)OCOC1C2CC3CC(C2)CC1C3. The number of rotatable bonds is 14. The molecule has 2 aliphatic heterocycles. The van der Waals surface area contributed by atoms with Gasteiger partial charge in [0, 0.05) is 71.8 Å². The Kier molecular flexibility index (Phi) is 18.6. The lowest BCUT2D eigenvalue weighted by Gasteiger charge is -2.62. The van der Waals surface area contributed by atoms with Crippen molar-refractivity contribution in [2.75, 3.05) is 20.0 Å². The van der Waals surface area contributed by atoms with Gasteiger partial charge in [-0.1, -0.05) is 32.9 Å². The van der Waals surface area contributed by atoms with E-state index in [9.17, 15) is 53.7 Å². The number of carbonyl (C=O) groups is 8. The van der Waals surface area contributed by atoms with Gasteiger partial charge in [-0.3, -0.25) is 4.79 Å². The van der Waals surface area contributed by atoms with Gasteiger partial charge in [-0.2, -0.15) is 0 Å². The van der Waals surface area contributed by atoms with Crippen LogP contribution in [0.25, 0.3) is 0 Å². The van der Waals surface area contributed by atoms with E-state index in [1.54, 1.807) is 20.8 Å². The minimum atomic E-state index is -0.858. The molecule has 2 saturated heterocycles. The first kappa shape index (κ1) is 63.8. The molecular weight excluding hydrogens is 1100 g/mol. The average Bonchev–Trinajstić information content (AvgIpc) is 1.52. The molecule has 16 aliphatic rings. The zero-order valence-corrected chi connectivity index (χ0v) is 50.2. The Morgan fingerprint density at radius 3 is 1.49 bits per heavy atom. The Morgan fingerprint density at radius 2 is 0.988 bits per heavy atom. The number of hydrogen-bond acceptors (Lipinski definition) is 20. The normalized spacial score (nSPS) is 40.1. The van der Waals surface area contributed by atoms with Gasteiger partial charge in [0.05, 0.1) is 35.4 Å². The maximum absolute atomic E-state index is 11.8. The Hall–Kier alpha value is -5.70. The first-order valence-electron chi connectivity index (χ1n) is 30.5. The second-order valence-electron chi connectivity index (χ2n) is 28.1. The first-order valence-corrected chi connectivity index (χ1v) is 30.5. The number of hydrogen-bond donors (Lipinski definition) is 3. The Bertz CT molecular complexity index is 2680. The lowest BCUT2D eigenvalue weighted by Crippen LogP contribution is -2.66. The van der Waals surface area contributed by atoms with Gasteiger partial charge >= 0.3 is 47.8 Å². The topological polar surface area (TPSA) is 280 Å². The summed E-state index contributed by atoms with van der Waals surface area (Å²) in [7, 11) is 0. The maximum atomic E-state index is 11.8. The van der Waals surface area contributed by atoms with Crippen LogP contribution in [-0.2, 0) is 81.0 Å². The number of ether oxygens (including phenoxy) is 9. The van der Waals surface area contributed by atoms with E-state index in [1.807, 2.05) is 0 Å². The van der Waals surface area contributed by atoms with Crippen LogP contribution in [0.4, 0.5) is 0 Å². The molecule has 2 heterocycles. The number of cyclic esters (lactones) is 1. The summed E-state index contributed by atoms with van der Waals surface area (Å²) < 4.78 is 46.9. The van der Waals surface area contributed by atoms with Crippen LogP contribution in [0.3, 0.4) is 0 Å². The predicted molar refractivity (Wildman–Crippen MR) is 301 cm³/mol. The largest absolute Gasteiger partial charge is 0.463 e. The van der Waals surface area contributed by atoms with Crippen molar-refractivity contribution in [3.05, 3.63) is 60.8 Å². The summed E-state index contributed by atoms with van der Waals surface area (Å²) in [6, 6.07) is 0. The van der Waals surface area contributed by atoms with E-state index in [0.29, 0.717) is 85.2 Å². The Balaban J connectivity index is 0.000000128. The quantitative estimate of drug-likeness (QED) is 0.0660. The number of carbonyl (C=O) groups excluding carboxylic acids is 8. The summed E-state index contributed by atoms with van der Waals surface area (Å²) in [5.41, 5.74) is -1.60. The molecule has 14 saturated carbocycles. The van der Waals surface area contributed by atoms with Crippen molar-refractivity contribution in [2.45, 2.75) is 215 Å². The highest BCUT2D eigenvalue weighted by Crippen LogP contribution is 2.62. The Labute approximate surface area is 497 Å². The van der Waals surface area contributed by atoms with E-state index in [0.717, 1.165) is 69.6 Å². The van der Waals surface area contributed by atoms with Crippen molar-refractivity contribution in [1.82, 2.24) is 0 Å². The summed E-state index contributed by atoms with van der Waals surface area (Å²) in [5, 5.41) is 31.5. The van der Waals surface area contributed by atoms with Gasteiger partial charge in [0.25, 0.3) is 0 Å². The smallest absolute Gasteiger partial charge is 0.347 e. The second-order valence-corrected chi connectivity index (χ2v) is 28.1.